The van der Waals surface area contributed by atoms with E-state index in [1.54, 1.807) is 31.2 Å². The van der Waals surface area contributed by atoms with Crippen LogP contribution in [0, 0.1) is 10.1 Å². The average molecular weight is 338 g/mol. The third kappa shape index (κ3) is 5.11. The van der Waals surface area contributed by atoms with Crippen molar-refractivity contribution < 1.29 is 9.72 Å². The highest BCUT2D eigenvalue weighted by atomic mass is 35.5. The molecule has 0 fully saturated rings. The predicted molar refractivity (Wildman–Crippen MR) is 80.9 cm³/mol. The van der Waals surface area contributed by atoms with Gasteiger partial charge in [0.2, 0.25) is 5.91 Å². The SMILES string of the molecule is C/C(Cn1nnc([N+](=O)[O-])n1)=N/NC(=O)Cc1ccc(Cl)cc1. The van der Waals surface area contributed by atoms with Crippen LogP contribution in [0.5, 0.6) is 0 Å². The fraction of sp³-hybridized carbons (Fsp3) is 0.250. The molecule has 0 spiro atoms. The predicted octanol–water partition coefficient (Wildman–Crippen LogP) is 0.969. The van der Waals surface area contributed by atoms with E-state index in [4.69, 9.17) is 11.6 Å². The van der Waals surface area contributed by atoms with E-state index in [-0.39, 0.29) is 18.9 Å². The lowest BCUT2D eigenvalue weighted by Gasteiger charge is -2.02. The number of carbonyl (C=O) groups is 1. The van der Waals surface area contributed by atoms with Crippen LogP contribution in [0.4, 0.5) is 5.95 Å². The van der Waals surface area contributed by atoms with Gasteiger partial charge >= 0.3 is 5.95 Å². The molecule has 0 aliphatic heterocycles. The van der Waals surface area contributed by atoms with Crippen molar-refractivity contribution >= 4 is 29.2 Å². The van der Waals surface area contributed by atoms with Crippen molar-refractivity contribution in [1.29, 1.82) is 0 Å². The molecule has 0 saturated carbocycles. The number of aromatic nitrogens is 4. The molecule has 0 bridgehead atoms. The molecule has 10 nitrogen and oxygen atoms in total. The summed E-state index contributed by atoms with van der Waals surface area (Å²) in [6, 6.07) is 6.89. The molecule has 0 atom stereocenters. The van der Waals surface area contributed by atoms with Gasteiger partial charge in [0.05, 0.1) is 22.3 Å². The van der Waals surface area contributed by atoms with E-state index >= 15 is 0 Å². The van der Waals surface area contributed by atoms with Crippen LogP contribution < -0.4 is 5.43 Å². The Labute approximate surface area is 135 Å². The Morgan fingerprint density at radius 2 is 2.13 bits per heavy atom. The second-order valence-electron chi connectivity index (χ2n) is 4.56. The van der Waals surface area contributed by atoms with Crippen LogP contribution in [-0.4, -0.2) is 36.7 Å². The fourth-order valence-corrected chi connectivity index (χ4v) is 1.73. The number of benzene rings is 1. The molecule has 0 aliphatic carbocycles. The molecule has 23 heavy (non-hydrogen) atoms. The fourth-order valence-electron chi connectivity index (χ4n) is 1.60. The highest BCUT2D eigenvalue weighted by Crippen LogP contribution is 2.09. The summed E-state index contributed by atoms with van der Waals surface area (Å²) in [7, 11) is 0. The number of halogens is 1. The van der Waals surface area contributed by atoms with Crippen molar-refractivity contribution in [2.75, 3.05) is 0 Å². The molecule has 2 rings (SSSR count). The first-order chi connectivity index (χ1) is 10.9. The summed E-state index contributed by atoms with van der Waals surface area (Å²) in [6.45, 7) is 1.69. The largest absolute Gasteiger partial charge is 0.514 e. The first-order valence-corrected chi connectivity index (χ1v) is 6.80. The number of hydrogen-bond donors (Lipinski definition) is 1. The van der Waals surface area contributed by atoms with Gasteiger partial charge in [0.1, 0.15) is 6.54 Å². The summed E-state index contributed by atoms with van der Waals surface area (Å²) in [6.07, 6.45) is 0.154. The first kappa shape index (κ1) is 16.5. The number of nitrogens with zero attached hydrogens (tertiary/aromatic N) is 6. The smallest absolute Gasteiger partial charge is 0.390 e. The standard InChI is InChI=1S/C12H12ClN7O3/c1-8(7-19-17-12(16-18-19)20(22)23)14-15-11(21)6-9-2-4-10(13)5-3-9/h2-5H,6-7H2,1H3,(H,15,21)/b14-8-. The Morgan fingerprint density at radius 3 is 2.74 bits per heavy atom. The minimum absolute atomic E-state index is 0.0715. The Kier molecular flexibility index (Phi) is 5.31. The van der Waals surface area contributed by atoms with Gasteiger partial charge in [-0.2, -0.15) is 5.10 Å². The Balaban J connectivity index is 1.86. The number of hydrazone groups is 1. The Hall–Kier alpha value is -2.88. The molecule has 120 valence electrons. The summed E-state index contributed by atoms with van der Waals surface area (Å²) < 4.78 is 0. The van der Waals surface area contributed by atoms with Crippen molar-refractivity contribution in [3.8, 4) is 0 Å². The zero-order valence-electron chi connectivity index (χ0n) is 12.0. The van der Waals surface area contributed by atoms with Gasteiger partial charge in [-0.3, -0.25) is 4.79 Å². The molecule has 0 radical (unpaired) electrons. The third-order valence-electron chi connectivity index (χ3n) is 2.63. The normalized spacial score (nSPS) is 11.3. The quantitative estimate of drug-likeness (QED) is 0.475. The van der Waals surface area contributed by atoms with Gasteiger partial charge in [0.15, 0.2) is 0 Å². The van der Waals surface area contributed by atoms with Crippen LogP contribution in [0.1, 0.15) is 12.5 Å². The van der Waals surface area contributed by atoms with Crippen molar-refractivity contribution in [3.63, 3.8) is 0 Å². The van der Waals surface area contributed by atoms with Crippen molar-refractivity contribution in [1.82, 2.24) is 25.6 Å². The average Bonchev–Trinajstić information content (AvgIpc) is 2.96. The molecule has 2 aromatic rings. The van der Waals surface area contributed by atoms with Crippen LogP contribution in [-0.2, 0) is 17.8 Å². The number of hydrogen-bond acceptors (Lipinski definition) is 7. The summed E-state index contributed by atoms with van der Waals surface area (Å²) in [5.41, 5.74) is 3.65. The van der Waals surface area contributed by atoms with Gasteiger partial charge in [-0.25, -0.2) is 5.43 Å². The lowest BCUT2D eigenvalue weighted by atomic mass is 10.1. The molecular formula is C12H12ClN7O3. The number of nitro groups is 1. The zero-order chi connectivity index (χ0) is 16.8. The van der Waals surface area contributed by atoms with E-state index < -0.39 is 10.9 Å². The van der Waals surface area contributed by atoms with Gasteiger partial charge in [0, 0.05) is 10.2 Å². The number of tetrazole rings is 1. The van der Waals surface area contributed by atoms with Crippen molar-refractivity contribution in [2.45, 2.75) is 19.9 Å². The summed E-state index contributed by atoms with van der Waals surface area (Å²) in [5.74, 6) is -0.895. The van der Waals surface area contributed by atoms with E-state index in [0.717, 1.165) is 10.4 Å². The van der Waals surface area contributed by atoms with E-state index in [9.17, 15) is 14.9 Å². The molecular weight excluding hydrogens is 326 g/mol. The molecule has 11 heteroatoms. The molecule has 1 heterocycles. The number of rotatable bonds is 6. The molecule has 1 aromatic carbocycles. The van der Waals surface area contributed by atoms with Gasteiger partial charge in [-0.15, -0.1) is 0 Å². The second-order valence-corrected chi connectivity index (χ2v) is 5.00. The highest BCUT2D eigenvalue weighted by molar-refractivity contribution is 6.30. The summed E-state index contributed by atoms with van der Waals surface area (Å²) >= 11 is 5.77. The Bertz CT molecular complexity index is 741. The van der Waals surface area contributed by atoms with Crippen molar-refractivity contribution in [3.05, 3.63) is 45.0 Å². The second kappa shape index (κ2) is 7.40. The van der Waals surface area contributed by atoms with Crippen LogP contribution in [0.3, 0.4) is 0 Å². The Morgan fingerprint density at radius 1 is 1.43 bits per heavy atom. The summed E-state index contributed by atoms with van der Waals surface area (Å²) in [5, 5.41) is 25.2. The first-order valence-electron chi connectivity index (χ1n) is 6.42. The van der Waals surface area contributed by atoms with Crippen LogP contribution in [0.25, 0.3) is 0 Å². The molecule has 0 aliphatic rings. The van der Waals surface area contributed by atoms with Crippen molar-refractivity contribution in [2.24, 2.45) is 5.10 Å². The van der Waals surface area contributed by atoms with Gasteiger partial charge in [-0.05, 0) is 29.5 Å². The maximum atomic E-state index is 11.8. The molecule has 1 N–H and O–H groups in total. The number of nitrogens with one attached hydrogen (secondary N) is 1. The molecule has 0 unspecified atom stereocenters. The van der Waals surface area contributed by atoms with Crippen LogP contribution in [0.2, 0.25) is 5.02 Å². The maximum absolute atomic E-state index is 11.8. The van der Waals surface area contributed by atoms with Gasteiger partial charge in [0.25, 0.3) is 0 Å². The van der Waals surface area contributed by atoms with Gasteiger partial charge < -0.3 is 10.1 Å². The van der Waals surface area contributed by atoms with Crippen LogP contribution in [0.15, 0.2) is 29.4 Å². The summed E-state index contributed by atoms with van der Waals surface area (Å²) in [4.78, 5) is 22.5. The van der Waals surface area contributed by atoms with Crippen LogP contribution >= 0.6 is 11.6 Å². The van der Waals surface area contributed by atoms with Gasteiger partial charge in [-0.1, -0.05) is 28.5 Å². The number of amides is 1. The number of carbonyl (C=O) groups excluding carboxylic acids is 1. The maximum Gasteiger partial charge on any atom is 0.514 e. The molecule has 0 saturated heterocycles. The minimum atomic E-state index is -0.746. The topological polar surface area (TPSA) is 128 Å². The monoisotopic (exact) mass is 337 g/mol. The molecule has 1 aromatic heterocycles. The zero-order valence-corrected chi connectivity index (χ0v) is 12.8. The van der Waals surface area contributed by atoms with E-state index in [0.29, 0.717) is 10.7 Å². The van der Waals surface area contributed by atoms with E-state index in [1.165, 1.54) is 0 Å². The molecule has 1 amide bonds. The third-order valence-corrected chi connectivity index (χ3v) is 2.88. The highest BCUT2D eigenvalue weighted by Gasteiger charge is 2.15. The minimum Gasteiger partial charge on any atom is -0.390 e. The lowest BCUT2D eigenvalue weighted by molar-refractivity contribution is -0.394. The van der Waals surface area contributed by atoms with E-state index in [2.05, 4.69) is 25.9 Å². The van der Waals surface area contributed by atoms with E-state index in [1.807, 2.05) is 0 Å². The lowest BCUT2D eigenvalue weighted by Crippen LogP contribution is -2.22.